The molecule has 1 N–H and O–H groups in total. The summed E-state index contributed by atoms with van der Waals surface area (Å²) in [7, 11) is 1.71. The highest BCUT2D eigenvalue weighted by Gasteiger charge is 2.22. The summed E-state index contributed by atoms with van der Waals surface area (Å²) in [6.45, 7) is 3.02. The van der Waals surface area contributed by atoms with E-state index in [1.54, 1.807) is 7.11 Å². The Kier molecular flexibility index (Phi) is 9.44. The zero-order chi connectivity index (χ0) is 19.2. The van der Waals surface area contributed by atoms with E-state index in [4.69, 9.17) is 4.74 Å². The van der Waals surface area contributed by atoms with Gasteiger partial charge in [-0.3, -0.25) is 4.98 Å². The fourth-order valence-electron chi connectivity index (χ4n) is 3.86. The topological polar surface area (TPSA) is 37.4 Å². The maximum absolute atomic E-state index is 5.34. The van der Waals surface area contributed by atoms with Crippen LogP contribution in [-0.4, -0.2) is 31.2 Å². The maximum Gasteiger partial charge on any atom is 0.119 e. The van der Waals surface area contributed by atoms with Crippen molar-refractivity contribution >= 4 is 30.5 Å². The van der Waals surface area contributed by atoms with Gasteiger partial charge in [0.05, 0.1) is 12.8 Å². The van der Waals surface area contributed by atoms with Crippen LogP contribution < -0.4 is 15.0 Å². The zero-order valence-corrected chi connectivity index (χ0v) is 18.8. The van der Waals surface area contributed by atoms with Crippen molar-refractivity contribution in [2.75, 3.05) is 25.1 Å². The molecule has 0 unspecified atom stereocenters. The molecule has 2 heterocycles. The second-order valence-corrected chi connectivity index (χ2v) is 7.22. The number of aromatic nitrogens is 1. The molecule has 0 aliphatic carbocycles. The van der Waals surface area contributed by atoms with Crippen molar-refractivity contribution in [3.8, 4) is 17.0 Å². The van der Waals surface area contributed by atoms with Crippen LogP contribution in [0.1, 0.15) is 18.4 Å². The minimum absolute atomic E-state index is 0. The largest absolute Gasteiger partial charge is 0.497 e. The van der Waals surface area contributed by atoms with E-state index in [0.717, 1.165) is 49.5 Å². The molecule has 3 aromatic rings. The molecular weight excluding hydrogens is 417 g/mol. The molecule has 4 rings (SSSR count). The Bertz CT molecular complexity index is 884. The van der Waals surface area contributed by atoms with Gasteiger partial charge in [-0.25, -0.2) is 0 Å². The Morgan fingerprint density at radius 1 is 0.967 bits per heavy atom. The van der Waals surface area contributed by atoms with Gasteiger partial charge >= 0.3 is 0 Å². The van der Waals surface area contributed by atoms with Crippen molar-refractivity contribution in [2.45, 2.75) is 25.4 Å². The van der Waals surface area contributed by atoms with Gasteiger partial charge < -0.3 is 15.0 Å². The summed E-state index contributed by atoms with van der Waals surface area (Å²) in [6.07, 6.45) is 4.23. The van der Waals surface area contributed by atoms with Gasteiger partial charge in [0, 0.05) is 30.0 Å². The molecule has 0 saturated carbocycles. The summed E-state index contributed by atoms with van der Waals surface area (Å²) >= 11 is 0. The van der Waals surface area contributed by atoms with E-state index in [0.29, 0.717) is 6.04 Å². The molecule has 1 aromatic heterocycles. The van der Waals surface area contributed by atoms with Crippen LogP contribution in [0, 0.1) is 0 Å². The molecule has 0 spiro atoms. The van der Waals surface area contributed by atoms with Crippen LogP contribution in [-0.2, 0) is 6.54 Å². The van der Waals surface area contributed by atoms with Crippen molar-refractivity contribution in [1.82, 2.24) is 10.3 Å². The Morgan fingerprint density at radius 2 is 1.67 bits per heavy atom. The molecule has 1 saturated heterocycles. The minimum Gasteiger partial charge on any atom is -0.497 e. The number of nitrogens with zero attached hydrogens (tertiary/aromatic N) is 2. The number of anilines is 1. The first kappa shape index (κ1) is 24.0. The third-order valence-electron chi connectivity index (χ3n) is 5.40. The molecule has 0 amide bonds. The van der Waals surface area contributed by atoms with Crippen molar-refractivity contribution < 1.29 is 4.74 Å². The maximum atomic E-state index is 5.34. The van der Waals surface area contributed by atoms with Gasteiger partial charge in [-0.15, -0.1) is 24.8 Å². The molecule has 2 aromatic carbocycles. The summed E-state index contributed by atoms with van der Waals surface area (Å²) < 4.78 is 5.34. The fraction of sp³-hybridized carbons (Fsp3) is 0.292. The molecule has 1 fully saturated rings. The van der Waals surface area contributed by atoms with E-state index in [1.807, 2.05) is 24.4 Å². The lowest BCUT2D eigenvalue weighted by atomic mass is 10.0. The van der Waals surface area contributed by atoms with Crippen LogP contribution in [0.25, 0.3) is 11.3 Å². The SMILES string of the molecule is COc1ccc(N(Cc2ccnc(-c3ccccc3)c2)C2CCNCC2)cc1.Cl.Cl. The number of pyridine rings is 1. The zero-order valence-electron chi connectivity index (χ0n) is 17.2. The monoisotopic (exact) mass is 445 g/mol. The fourth-order valence-corrected chi connectivity index (χ4v) is 3.86. The van der Waals surface area contributed by atoms with E-state index in [2.05, 4.69) is 63.7 Å². The first-order valence-corrected chi connectivity index (χ1v) is 9.95. The number of halogens is 2. The molecule has 0 atom stereocenters. The number of benzene rings is 2. The molecule has 1 aliphatic heterocycles. The summed E-state index contributed by atoms with van der Waals surface area (Å²) in [4.78, 5) is 7.11. The highest BCUT2D eigenvalue weighted by atomic mass is 35.5. The molecule has 6 heteroatoms. The summed E-state index contributed by atoms with van der Waals surface area (Å²) in [5, 5.41) is 3.48. The van der Waals surface area contributed by atoms with Gasteiger partial charge in [-0.2, -0.15) is 0 Å². The summed E-state index contributed by atoms with van der Waals surface area (Å²) in [5.74, 6) is 0.893. The summed E-state index contributed by atoms with van der Waals surface area (Å²) in [6, 6.07) is 23.7. The molecule has 0 bridgehead atoms. The van der Waals surface area contributed by atoms with Gasteiger partial charge in [-0.1, -0.05) is 30.3 Å². The third kappa shape index (κ3) is 5.88. The Hall–Kier alpha value is -2.27. The van der Waals surface area contributed by atoms with Crippen LogP contribution in [0.3, 0.4) is 0 Å². The molecule has 4 nitrogen and oxygen atoms in total. The number of hydrogen-bond donors (Lipinski definition) is 1. The van der Waals surface area contributed by atoms with Crippen LogP contribution in [0.5, 0.6) is 5.75 Å². The van der Waals surface area contributed by atoms with E-state index in [1.165, 1.54) is 11.3 Å². The van der Waals surface area contributed by atoms with Crippen molar-refractivity contribution in [1.29, 1.82) is 0 Å². The number of rotatable bonds is 6. The number of ether oxygens (including phenoxy) is 1. The predicted octanol–water partition coefficient (Wildman–Crippen LogP) is 5.36. The molecular formula is C24H29Cl2N3O. The van der Waals surface area contributed by atoms with Gasteiger partial charge in [0.25, 0.3) is 0 Å². The van der Waals surface area contributed by atoms with Crippen LogP contribution >= 0.6 is 24.8 Å². The minimum atomic E-state index is 0. The molecule has 30 heavy (non-hydrogen) atoms. The average Bonchev–Trinajstić information content (AvgIpc) is 2.79. The Morgan fingerprint density at radius 3 is 2.33 bits per heavy atom. The quantitative estimate of drug-likeness (QED) is 0.553. The lowest BCUT2D eigenvalue weighted by Crippen LogP contribution is -2.43. The average molecular weight is 446 g/mol. The molecule has 160 valence electrons. The van der Waals surface area contributed by atoms with Crippen molar-refractivity contribution in [3.63, 3.8) is 0 Å². The second-order valence-electron chi connectivity index (χ2n) is 7.22. The molecule has 0 radical (unpaired) electrons. The van der Waals surface area contributed by atoms with E-state index in [-0.39, 0.29) is 24.8 Å². The highest BCUT2D eigenvalue weighted by Crippen LogP contribution is 2.27. The van der Waals surface area contributed by atoms with Crippen molar-refractivity contribution in [2.24, 2.45) is 0 Å². The first-order chi connectivity index (χ1) is 13.8. The second kappa shape index (κ2) is 11.8. The smallest absolute Gasteiger partial charge is 0.119 e. The van der Waals surface area contributed by atoms with Crippen molar-refractivity contribution in [3.05, 3.63) is 78.5 Å². The van der Waals surface area contributed by atoms with Gasteiger partial charge in [-0.05, 0) is 67.9 Å². The highest BCUT2D eigenvalue weighted by molar-refractivity contribution is 5.85. The summed E-state index contributed by atoms with van der Waals surface area (Å²) in [5.41, 5.74) is 4.70. The van der Waals surface area contributed by atoms with Crippen LogP contribution in [0.2, 0.25) is 0 Å². The predicted molar refractivity (Wildman–Crippen MR) is 129 cm³/mol. The Balaban J connectivity index is 0.00000160. The van der Waals surface area contributed by atoms with E-state index < -0.39 is 0 Å². The van der Waals surface area contributed by atoms with Gasteiger partial charge in [0.15, 0.2) is 0 Å². The van der Waals surface area contributed by atoms with E-state index >= 15 is 0 Å². The van der Waals surface area contributed by atoms with E-state index in [9.17, 15) is 0 Å². The van der Waals surface area contributed by atoms with Crippen LogP contribution in [0.4, 0.5) is 5.69 Å². The number of methoxy groups -OCH3 is 1. The van der Waals surface area contributed by atoms with Gasteiger partial charge in [0.2, 0.25) is 0 Å². The standard InChI is InChI=1S/C24H27N3O.2ClH/c1-28-23-9-7-21(8-10-23)27(22-12-14-25-15-13-22)18-19-11-16-26-24(17-19)20-5-3-2-4-6-20;;/h2-11,16-17,22,25H,12-15,18H2,1H3;2*1H. The number of hydrogen-bond acceptors (Lipinski definition) is 4. The number of nitrogens with one attached hydrogen (secondary N) is 1. The molecule has 1 aliphatic rings. The lowest BCUT2D eigenvalue weighted by Gasteiger charge is -2.36. The lowest BCUT2D eigenvalue weighted by molar-refractivity contribution is 0.413. The third-order valence-corrected chi connectivity index (χ3v) is 5.40. The first-order valence-electron chi connectivity index (χ1n) is 9.95. The Labute approximate surface area is 191 Å². The van der Waals surface area contributed by atoms with Crippen LogP contribution in [0.15, 0.2) is 72.9 Å². The van der Waals surface area contributed by atoms with Gasteiger partial charge in [0.1, 0.15) is 5.75 Å². The normalized spacial score (nSPS) is 13.6. The number of piperidine rings is 1.